The maximum absolute atomic E-state index is 11.7. The SMILES string of the molecule is O=C1CCCN1c1ccc(NCc2cccn2C2CC2)nc1. The predicted molar refractivity (Wildman–Crippen MR) is 85.9 cm³/mol. The highest BCUT2D eigenvalue weighted by Gasteiger charge is 2.24. The summed E-state index contributed by atoms with van der Waals surface area (Å²) in [5.41, 5.74) is 2.19. The van der Waals surface area contributed by atoms with Gasteiger partial charge in [0, 0.05) is 30.9 Å². The number of nitrogens with one attached hydrogen (secondary N) is 1. The molecule has 5 nitrogen and oxygen atoms in total. The lowest BCUT2D eigenvalue weighted by atomic mass is 10.3. The summed E-state index contributed by atoms with van der Waals surface area (Å²) >= 11 is 0. The van der Waals surface area contributed by atoms with Crippen molar-refractivity contribution in [2.75, 3.05) is 16.8 Å². The van der Waals surface area contributed by atoms with Crippen molar-refractivity contribution in [3.05, 3.63) is 42.4 Å². The molecule has 0 aromatic carbocycles. The van der Waals surface area contributed by atoms with Crippen molar-refractivity contribution in [1.29, 1.82) is 0 Å². The number of aromatic nitrogens is 2. The van der Waals surface area contributed by atoms with E-state index in [0.29, 0.717) is 12.5 Å². The fraction of sp³-hybridized carbons (Fsp3) is 0.412. The first kappa shape index (κ1) is 13.4. The van der Waals surface area contributed by atoms with Gasteiger partial charge in [-0.15, -0.1) is 0 Å². The van der Waals surface area contributed by atoms with E-state index in [4.69, 9.17) is 0 Å². The molecule has 3 heterocycles. The monoisotopic (exact) mass is 296 g/mol. The molecule has 5 heteroatoms. The van der Waals surface area contributed by atoms with Crippen molar-refractivity contribution < 1.29 is 4.79 Å². The molecule has 2 aromatic heterocycles. The summed E-state index contributed by atoms with van der Waals surface area (Å²) in [6.07, 6.45) is 8.11. The van der Waals surface area contributed by atoms with E-state index in [1.165, 1.54) is 18.5 Å². The molecule has 4 rings (SSSR count). The van der Waals surface area contributed by atoms with Crippen LogP contribution in [0.25, 0.3) is 0 Å². The Balaban J connectivity index is 1.41. The van der Waals surface area contributed by atoms with E-state index in [2.05, 4.69) is 33.2 Å². The van der Waals surface area contributed by atoms with E-state index < -0.39 is 0 Å². The largest absolute Gasteiger partial charge is 0.364 e. The Morgan fingerprint density at radius 3 is 2.86 bits per heavy atom. The minimum absolute atomic E-state index is 0.199. The van der Waals surface area contributed by atoms with Crippen LogP contribution in [0.4, 0.5) is 11.5 Å². The lowest BCUT2D eigenvalue weighted by molar-refractivity contribution is -0.117. The molecule has 0 spiro atoms. The van der Waals surface area contributed by atoms with E-state index in [0.717, 1.165) is 31.0 Å². The normalized spacial score (nSPS) is 18.0. The van der Waals surface area contributed by atoms with E-state index in [1.54, 1.807) is 6.20 Å². The highest BCUT2D eigenvalue weighted by Crippen LogP contribution is 2.36. The Morgan fingerprint density at radius 1 is 1.27 bits per heavy atom. The van der Waals surface area contributed by atoms with Gasteiger partial charge in [0.25, 0.3) is 0 Å². The second kappa shape index (κ2) is 5.48. The van der Waals surface area contributed by atoms with Crippen LogP contribution >= 0.6 is 0 Å². The second-order valence-corrected chi connectivity index (χ2v) is 6.04. The Bertz CT molecular complexity index is 672. The molecular formula is C17H20N4O. The fourth-order valence-electron chi connectivity index (χ4n) is 3.04. The Labute approximate surface area is 130 Å². The molecule has 0 unspecified atom stereocenters. The number of rotatable bonds is 5. The van der Waals surface area contributed by atoms with Gasteiger partial charge in [-0.05, 0) is 43.5 Å². The van der Waals surface area contributed by atoms with Crippen LogP contribution in [0, 0.1) is 0 Å². The van der Waals surface area contributed by atoms with Crippen molar-refractivity contribution in [1.82, 2.24) is 9.55 Å². The third-order valence-corrected chi connectivity index (χ3v) is 4.39. The van der Waals surface area contributed by atoms with Crippen LogP contribution in [0.2, 0.25) is 0 Å². The maximum atomic E-state index is 11.7. The number of carbonyl (C=O) groups excluding carboxylic acids is 1. The average Bonchev–Trinajstić information content (AvgIpc) is 3.12. The van der Waals surface area contributed by atoms with Crippen LogP contribution in [0.15, 0.2) is 36.7 Å². The van der Waals surface area contributed by atoms with Gasteiger partial charge in [-0.3, -0.25) is 4.79 Å². The van der Waals surface area contributed by atoms with Gasteiger partial charge < -0.3 is 14.8 Å². The van der Waals surface area contributed by atoms with Crippen molar-refractivity contribution in [3.63, 3.8) is 0 Å². The van der Waals surface area contributed by atoms with Gasteiger partial charge in [0.2, 0.25) is 5.91 Å². The van der Waals surface area contributed by atoms with E-state index in [1.807, 2.05) is 17.0 Å². The predicted octanol–water partition coefficient (Wildman–Crippen LogP) is 2.96. The van der Waals surface area contributed by atoms with Crippen molar-refractivity contribution >= 4 is 17.4 Å². The quantitative estimate of drug-likeness (QED) is 0.923. The number of carbonyl (C=O) groups is 1. The lowest BCUT2D eigenvalue weighted by Crippen LogP contribution is -2.23. The molecule has 2 aliphatic rings. The molecular weight excluding hydrogens is 276 g/mol. The second-order valence-electron chi connectivity index (χ2n) is 6.04. The smallest absolute Gasteiger partial charge is 0.227 e. The van der Waals surface area contributed by atoms with Crippen LogP contribution in [-0.2, 0) is 11.3 Å². The zero-order valence-corrected chi connectivity index (χ0v) is 12.5. The first-order valence-corrected chi connectivity index (χ1v) is 7.97. The molecule has 1 N–H and O–H groups in total. The number of hydrogen-bond donors (Lipinski definition) is 1. The molecule has 114 valence electrons. The molecule has 2 aromatic rings. The minimum atomic E-state index is 0.199. The first-order valence-electron chi connectivity index (χ1n) is 7.97. The van der Waals surface area contributed by atoms with Gasteiger partial charge in [0.05, 0.1) is 18.4 Å². The first-order chi connectivity index (χ1) is 10.8. The highest BCUT2D eigenvalue weighted by molar-refractivity contribution is 5.95. The summed E-state index contributed by atoms with van der Waals surface area (Å²) in [5, 5.41) is 3.36. The highest BCUT2D eigenvalue weighted by atomic mass is 16.2. The van der Waals surface area contributed by atoms with Crippen molar-refractivity contribution in [3.8, 4) is 0 Å². The molecule has 1 aliphatic carbocycles. The molecule has 0 radical (unpaired) electrons. The minimum Gasteiger partial charge on any atom is -0.364 e. The summed E-state index contributed by atoms with van der Waals surface area (Å²) in [6.45, 7) is 1.58. The van der Waals surface area contributed by atoms with Crippen LogP contribution < -0.4 is 10.2 Å². The van der Waals surface area contributed by atoms with Gasteiger partial charge >= 0.3 is 0 Å². The van der Waals surface area contributed by atoms with Crippen LogP contribution in [0.1, 0.15) is 37.4 Å². The standard InChI is InChI=1S/C17H20N4O/c22-17-4-2-10-21(17)15-7-8-16(19-12-15)18-11-14-3-1-9-20(14)13-5-6-13/h1,3,7-9,12-13H,2,4-6,10-11H2,(H,18,19). The number of amides is 1. The molecule has 22 heavy (non-hydrogen) atoms. The molecule has 2 fully saturated rings. The molecule has 1 amide bonds. The molecule has 1 aliphatic heterocycles. The summed E-state index contributed by atoms with van der Waals surface area (Å²) in [6, 6.07) is 8.88. The molecule has 1 saturated heterocycles. The fourth-order valence-corrected chi connectivity index (χ4v) is 3.04. The van der Waals surface area contributed by atoms with E-state index in [-0.39, 0.29) is 5.91 Å². The molecule has 0 atom stereocenters. The van der Waals surface area contributed by atoms with Crippen LogP contribution in [-0.4, -0.2) is 22.0 Å². The van der Waals surface area contributed by atoms with Crippen molar-refractivity contribution in [2.24, 2.45) is 0 Å². The van der Waals surface area contributed by atoms with Crippen LogP contribution in [0.3, 0.4) is 0 Å². The Morgan fingerprint density at radius 2 is 2.18 bits per heavy atom. The number of nitrogens with zero attached hydrogens (tertiary/aromatic N) is 3. The van der Waals surface area contributed by atoms with Crippen LogP contribution in [0.5, 0.6) is 0 Å². The molecule has 0 bridgehead atoms. The van der Waals surface area contributed by atoms with Gasteiger partial charge in [0.1, 0.15) is 5.82 Å². The topological polar surface area (TPSA) is 50.2 Å². The van der Waals surface area contributed by atoms with Gasteiger partial charge in [-0.2, -0.15) is 0 Å². The van der Waals surface area contributed by atoms with Gasteiger partial charge in [-0.25, -0.2) is 4.98 Å². The van der Waals surface area contributed by atoms with E-state index >= 15 is 0 Å². The zero-order valence-electron chi connectivity index (χ0n) is 12.5. The Hall–Kier alpha value is -2.30. The third kappa shape index (κ3) is 2.58. The van der Waals surface area contributed by atoms with E-state index in [9.17, 15) is 4.79 Å². The van der Waals surface area contributed by atoms with Gasteiger partial charge in [-0.1, -0.05) is 0 Å². The number of pyridine rings is 1. The Kier molecular flexibility index (Phi) is 3.33. The maximum Gasteiger partial charge on any atom is 0.227 e. The summed E-state index contributed by atoms with van der Waals surface area (Å²) in [4.78, 5) is 18.0. The van der Waals surface area contributed by atoms with Crippen molar-refractivity contribution in [2.45, 2.75) is 38.3 Å². The zero-order chi connectivity index (χ0) is 14.9. The lowest BCUT2D eigenvalue weighted by Gasteiger charge is -2.15. The summed E-state index contributed by atoms with van der Waals surface area (Å²) < 4.78 is 2.35. The number of anilines is 2. The third-order valence-electron chi connectivity index (χ3n) is 4.39. The summed E-state index contributed by atoms with van der Waals surface area (Å²) in [7, 11) is 0. The summed E-state index contributed by atoms with van der Waals surface area (Å²) in [5.74, 6) is 1.05. The van der Waals surface area contributed by atoms with Gasteiger partial charge in [0.15, 0.2) is 0 Å². The molecule has 1 saturated carbocycles. The number of hydrogen-bond acceptors (Lipinski definition) is 3. The average molecular weight is 296 g/mol.